The van der Waals surface area contributed by atoms with Crippen molar-refractivity contribution in [1.82, 2.24) is 4.90 Å². The van der Waals surface area contributed by atoms with Crippen molar-refractivity contribution in [2.45, 2.75) is 32.6 Å². The van der Waals surface area contributed by atoms with Crippen molar-refractivity contribution in [3.8, 4) is 0 Å². The number of hydrogen-bond donors (Lipinski definition) is 1. The number of aliphatic carboxylic acids is 1. The molecule has 3 aliphatic rings. The summed E-state index contributed by atoms with van der Waals surface area (Å²) in [5.74, 6) is 1.23. The molecule has 3 atom stereocenters. The fourth-order valence-corrected chi connectivity index (χ4v) is 3.50. The number of likely N-dealkylation sites (tertiary alicyclic amines) is 1. The quantitative estimate of drug-likeness (QED) is 0.788. The topological polar surface area (TPSA) is 57.6 Å². The van der Waals surface area contributed by atoms with Crippen LogP contribution in [-0.4, -0.2) is 35.0 Å². The number of fused-ring (bicyclic) bond motifs is 1. The van der Waals surface area contributed by atoms with Crippen LogP contribution < -0.4 is 0 Å². The number of carbonyl (C=O) groups excluding carboxylic acids is 1. The number of hydrogen-bond acceptors (Lipinski definition) is 2. The third-order valence-corrected chi connectivity index (χ3v) is 4.89. The minimum Gasteiger partial charge on any atom is -0.481 e. The van der Waals surface area contributed by atoms with Crippen LogP contribution in [0.15, 0.2) is 0 Å². The Labute approximate surface area is 101 Å². The van der Waals surface area contributed by atoms with E-state index in [0.717, 1.165) is 24.7 Å². The van der Waals surface area contributed by atoms with Crippen LogP contribution in [0, 0.1) is 23.2 Å². The summed E-state index contributed by atoms with van der Waals surface area (Å²) in [5.41, 5.74) is -0.725. The van der Waals surface area contributed by atoms with E-state index in [9.17, 15) is 9.59 Å². The normalized spacial score (nSPS) is 43.6. The SMILES string of the molecule is CC1(C(=O)O)CCN(C(=O)C2CC3CC3C2)C1. The zero-order chi connectivity index (χ0) is 12.2. The molecule has 0 aromatic heterocycles. The third kappa shape index (κ3) is 1.74. The van der Waals surface area contributed by atoms with E-state index in [0.29, 0.717) is 19.5 Å². The van der Waals surface area contributed by atoms with Gasteiger partial charge in [-0.1, -0.05) is 0 Å². The molecule has 17 heavy (non-hydrogen) atoms. The number of rotatable bonds is 2. The van der Waals surface area contributed by atoms with E-state index in [1.165, 1.54) is 6.42 Å². The van der Waals surface area contributed by atoms with Crippen LogP contribution in [0.1, 0.15) is 32.6 Å². The number of carboxylic acid groups (broad SMARTS) is 1. The van der Waals surface area contributed by atoms with Crippen molar-refractivity contribution in [2.75, 3.05) is 13.1 Å². The lowest BCUT2D eigenvalue weighted by Gasteiger charge is -2.23. The van der Waals surface area contributed by atoms with Gasteiger partial charge in [0.15, 0.2) is 0 Å². The minimum absolute atomic E-state index is 0.190. The summed E-state index contributed by atoms with van der Waals surface area (Å²) < 4.78 is 0. The van der Waals surface area contributed by atoms with Crippen molar-refractivity contribution in [2.24, 2.45) is 23.2 Å². The second-order valence-electron chi connectivity index (χ2n) is 6.30. The second kappa shape index (κ2) is 3.47. The summed E-state index contributed by atoms with van der Waals surface area (Å²) in [7, 11) is 0. The Bertz CT molecular complexity index is 371. The van der Waals surface area contributed by atoms with Crippen molar-refractivity contribution in [3.05, 3.63) is 0 Å². The van der Waals surface area contributed by atoms with Gasteiger partial charge in [0.2, 0.25) is 5.91 Å². The lowest BCUT2D eigenvalue weighted by molar-refractivity contribution is -0.147. The Kier molecular flexibility index (Phi) is 2.25. The van der Waals surface area contributed by atoms with Crippen molar-refractivity contribution >= 4 is 11.9 Å². The third-order valence-electron chi connectivity index (χ3n) is 4.89. The lowest BCUT2D eigenvalue weighted by atomic mass is 9.90. The maximum atomic E-state index is 12.3. The van der Waals surface area contributed by atoms with Crippen LogP contribution in [0.3, 0.4) is 0 Å². The summed E-state index contributed by atoms with van der Waals surface area (Å²) in [6.45, 7) is 2.76. The smallest absolute Gasteiger partial charge is 0.311 e. The first kappa shape index (κ1) is 11.1. The summed E-state index contributed by atoms with van der Waals surface area (Å²) in [4.78, 5) is 25.2. The number of carboxylic acids is 1. The lowest BCUT2D eigenvalue weighted by Crippen LogP contribution is -2.37. The average Bonchev–Trinajstić information content (AvgIpc) is 2.75. The van der Waals surface area contributed by atoms with E-state index in [-0.39, 0.29) is 11.8 Å². The predicted molar refractivity (Wildman–Crippen MR) is 61.3 cm³/mol. The Balaban J connectivity index is 1.62. The predicted octanol–water partition coefficient (Wildman–Crippen LogP) is 1.36. The molecule has 0 aromatic rings. The molecule has 0 spiro atoms. The summed E-state index contributed by atoms with van der Waals surface area (Å²) in [5, 5.41) is 9.15. The van der Waals surface area contributed by atoms with E-state index < -0.39 is 11.4 Å². The molecule has 4 heteroatoms. The van der Waals surface area contributed by atoms with Gasteiger partial charge in [0, 0.05) is 19.0 Å². The zero-order valence-electron chi connectivity index (χ0n) is 10.2. The Hall–Kier alpha value is -1.06. The molecule has 1 heterocycles. The van der Waals surface area contributed by atoms with E-state index in [4.69, 9.17) is 5.11 Å². The Morgan fingerprint density at radius 3 is 2.41 bits per heavy atom. The van der Waals surface area contributed by atoms with Crippen LogP contribution in [0.4, 0.5) is 0 Å². The molecule has 4 nitrogen and oxygen atoms in total. The van der Waals surface area contributed by atoms with Gasteiger partial charge in [-0.3, -0.25) is 9.59 Å². The molecule has 0 radical (unpaired) electrons. The molecule has 3 unspecified atom stereocenters. The zero-order valence-corrected chi connectivity index (χ0v) is 10.2. The van der Waals surface area contributed by atoms with E-state index in [2.05, 4.69) is 0 Å². The molecular weight excluding hydrogens is 218 g/mol. The highest BCUT2D eigenvalue weighted by Crippen LogP contribution is 2.54. The summed E-state index contributed by atoms with van der Waals surface area (Å²) in [6, 6.07) is 0. The standard InChI is InChI=1S/C13H19NO3/c1-13(12(16)17)2-3-14(7-13)11(15)10-5-8-4-9(8)6-10/h8-10H,2-7H2,1H3,(H,16,17). The van der Waals surface area contributed by atoms with E-state index >= 15 is 0 Å². The van der Waals surface area contributed by atoms with Gasteiger partial charge < -0.3 is 10.0 Å². The largest absolute Gasteiger partial charge is 0.481 e. The molecule has 1 saturated heterocycles. The molecular formula is C13H19NO3. The Morgan fingerprint density at radius 2 is 1.88 bits per heavy atom. The molecule has 3 rings (SSSR count). The van der Waals surface area contributed by atoms with Gasteiger partial charge in [0.05, 0.1) is 5.41 Å². The van der Waals surface area contributed by atoms with Gasteiger partial charge in [-0.05, 0) is 44.4 Å². The highest BCUT2D eigenvalue weighted by atomic mass is 16.4. The summed E-state index contributed by atoms with van der Waals surface area (Å²) in [6.07, 6.45) is 4.00. The number of nitrogens with zero attached hydrogens (tertiary/aromatic N) is 1. The average molecular weight is 237 g/mol. The van der Waals surface area contributed by atoms with Crippen LogP contribution in [0.25, 0.3) is 0 Å². The maximum Gasteiger partial charge on any atom is 0.311 e. The van der Waals surface area contributed by atoms with Gasteiger partial charge in [-0.25, -0.2) is 0 Å². The first-order chi connectivity index (χ1) is 7.99. The molecule has 3 fully saturated rings. The van der Waals surface area contributed by atoms with Crippen LogP contribution in [0.5, 0.6) is 0 Å². The maximum absolute atomic E-state index is 12.3. The highest BCUT2D eigenvalue weighted by Gasteiger charge is 2.50. The molecule has 1 N–H and O–H groups in total. The minimum atomic E-state index is -0.776. The fourth-order valence-electron chi connectivity index (χ4n) is 3.50. The van der Waals surface area contributed by atoms with E-state index in [1.807, 2.05) is 0 Å². The number of carbonyl (C=O) groups is 2. The van der Waals surface area contributed by atoms with Gasteiger partial charge >= 0.3 is 5.97 Å². The van der Waals surface area contributed by atoms with Gasteiger partial charge in [-0.15, -0.1) is 0 Å². The molecule has 94 valence electrons. The molecule has 1 amide bonds. The highest BCUT2D eigenvalue weighted by molar-refractivity contribution is 5.82. The number of amides is 1. The molecule has 1 aliphatic heterocycles. The van der Waals surface area contributed by atoms with Gasteiger partial charge in [0.25, 0.3) is 0 Å². The molecule has 0 aromatic carbocycles. The van der Waals surface area contributed by atoms with Crippen LogP contribution in [-0.2, 0) is 9.59 Å². The Morgan fingerprint density at radius 1 is 1.24 bits per heavy atom. The molecule has 0 bridgehead atoms. The first-order valence-electron chi connectivity index (χ1n) is 6.52. The van der Waals surface area contributed by atoms with Gasteiger partial charge in [-0.2, -0.15) is 0 Å². The van der Waals surface area contributed by atoms with Crippen LogP contribution in [0.2, 0.25) is 0 Å². The summed E-state index contributed by atoms with van der Waals surface area (Å²) >= 11 is 0. The first-order valence-corrected chi connectivity index (χ1v) is 6.52. The molecule has 2 aliphatic carbocycles. The van der Waals surface area contributed by atoms with Crippen molar-refractivity contribution < 1.29 is 14.7 Å². The molecule has 2 saturated carbocycles. The van der Waals surface area contributed by atoms with Crippen molar-refractivity contribution in [3.63, 3.8) is 0 Å². The van der Waals surface area contributed by atoms with Gasteiger partial charge in [0.1, 0.15) is 0 Å². The fraction of sp³-hybridized carbons (Fsp3) is 0.846. The van der Waals surface area contributed by atoms with Crippen molar-refractivity contribution in [1.29, 1.82) is 0 Å². The van der Waals surface area contributed by atoms with E-state index in [1.54, 1.807) is 11.8 Å². The van der Waals surface area contributed by atoms with Crippen LogP contribution >= 0.6 is 0 Å². The second-order valence-corrected chi connectivity index (χ2v) is 6.30. The monoisotopic (exact) mass is 237 g/mol.